The lowest BCUT2D eigenvalue weighted by Gasteiger charge is -2.25. The minimum absolute atomic E-state index is 0.108. The molecular formula is C31H31NO5. The number of fused-ring (bicyclic) bond motifs is 2. The van der Waals surface area contributed by atoms with Crippen molar-refractivity contribution < 1.29 is 18.7 Å². The minimum atomic E-state index is -0.596. The molecular weight excluding hydrogens is 466 g/mol. The van der Waals surface area contributed by atoms with Gasteiger partial charge in [0.2, 0.25) is 5.76 Å². The van der Waals surface area contributed by atoms with Gasteiger partial charge in [-0.3, -0.25) is 9.59 Å². The number of amides is 1. The molecule has 0 bridgehead atoms. The van der Waals surface area contributed by atoms with Gasteiger partial charge >= 0.3 is 0 Å². The van der Waals surface area contributed by atoms with E-state index in [1.165, 1.54) is 0 Å². The summed E-state index contributed by atoms with van der Waals surface area (Å²) >= 11 is 0. The molecule has 1 amide bonds. The number of hydrogen-bond donors (Lipinski definition) is 0. The molecule has 4 aromatic rings. The molecule has 1 aliphatic rings. The Morgan fingerprint density at radius 1 is 0.946 bits per heavy atom. The summed E-state index contributed by atoms with van der Waals surface area (Å²) in [6, 6.07) is 18.3. The van der Waals surface area contributed by atoms with Gasteiger partial charge in [-0.1, -0.05) is 37.6 Å². The van der Waals surface area contributed by atoms with Crippen LogP contribution in [0.3, 0.4) is 0 Å². The Hall–Kier alpha value is -4.06. The van der Waals surface area contributed by atoms with E-state index in [0.717, 1.165) is 40.8 Å². The molecule has 190 valence electrons. The minimum Gasteiger partial charge on any atom is -0.497 e. The van der Waals surface area contributed by atoms with E-state index in [0.29, 0.717) is 35.4 Å². The van der Waals surface area contributed by atoms with E-state index in [1.54, 1.807) is 12.0 Å². The second-order valence-electron chi connectivity index (χ2n) is 9.56. The van der Waals surface area contributed by atoms with Gasteiger partial charge in [0.15, 0.2) is 5.43 Å². The third-order valence-electron chi connectivity index (χ3n) is 7.03. The van der Waals surface area contributed by atoms with Crippen molar-refractivity contribution in [2.75, 3.05) is 13.7 Å². The largest absolute Gasteiger partial charge is 0.497 e. The van der Waals surface area contributed by atoms with Gasteiger partial charge in [-0.15, -0.1) is 0 Å². The second-order valence-corrected chi connectivity index (χ2v) is 9.56. The highest BCUT2D eigenvalue weighted by Crippen LogP contribution is 2.40. The van der Waals surface area contributed by atoms with Gasteiger partial charge in [0.1, 0.15) is 17.1 Å². The maximum atomic E-state index is 13.9. The van der Waals surface area contributed by atoms with E-state index in [9.17, 15) is 9.59 Å². The maximum Gasteiger partial charge on any atom is 0.291 e. The number of nitrogens with zero attached hydrogens (tertiary/aromatic N) is 1. The monoisotopic (exact) mass is 497 g/mol. The van der Waals surface area contributed by atoms with E-state index in [2.05, 4.69) is 6.92 Å². The highest BCUT2D eigenvalue weighted by molar-refractivity contribution is 5.99. The molecule has 1 unspecified atom stereocenters. The highest BCUT2D eigenvalue weighted by atomic mass is 16.5. The van der Waals surface area contributed by atoms with Crippen LogP contribution in [0.4, 0.5) is 0 Å². The summed E-state index contributed by atoms with van der Waals surface area (Å²) in [6.07, 6.45) is 1.99. The third kappa shape index (κ3) is 4.59. The summed E-state index contributed by atoms with van der Waals surface area (Å²) in [5.74, 6) is 1.26. The van der Waals surface area contributed by atoms with Crippen molar-refractivity contribution in [1.82, 2.24) is 4.90 Å². The third-order valence-corrected chi connectivity index (χ3v) is 7.03. The molecule has 2 heterocycles. The molecule has 0 N–H and O–H groups in total. The average Bonchev–Trinajstić information content (AvgIpc) is 3.17. The van der Waals surface area contributed by atoms with E-state index in [1.807, 2.05) is 74.5 Å². The van der Waals surface area contributed by atoms with Crippen molar-refractivity contribution in [3.63, 3.8) is 0 Å². The van der Waals surface area contributed by atoms with Crippen LogP contribution in [0, 0.1) is 13.8 Å². The number of carbonyl (C=O) groups excluding carboxylic acids is 1. The van der Waals surface area contributed by atoms with Crippen molar-refractivity contribution in [3.8, 4) is 11.5 Å². The van der Waals surface area contributed by atoms with Crippen molar-refractivity contribution >= 4 is 16.9 Å². The van der Waals surface area contributed by atoms with E-state index in [-0.39, 0.29) is 17.1 Å². The summed E-state index contributed by atoms with van der Waals surface area (Å²) in [7, 11) is 1.62. The number of carbonyl (C=O) groups is 1. The topological polar surface area (TPSA) is 69.0 Å². The molecule has 0 spiro atoms. The van der Waals surface area contributed by atoms with Crippen LogP contribution < -0.4 is 14.9 Å². The fraction of sp³-hybridized carbons (Fsp3) is 0.290. The first kappa shape index (κ1) is 24.6. The van der Waals surface area contributed by atoms with Crippen molar-refractivity contribution in [1.29, 1.82) is 0 Å². The fourth-order valence-electron chi connectivity index (χ4n) is 4.82. The molecule has 0 saturated heterocycles. The molecule has 0 aliphatic carbocycles. The molecule has 1 aromatic heterocycles. The standard InChI is InChI=1S/C31H31NO5/c1-5-6-14-36-24-9-7-8-22(17-24)28-27-29(33)25-15-19(2)20(3)16-26(25)37-30(27)31(34)32(28)18-21-10-12-23(35-4)13-11-21/h7-13,15-17,28H,5-6,14,18H2,1-4H3. The first-order valence-electron chi connectivity index (χ1n) is 12.7. The summed E-state index contributed by atoms with van der Waals surface area (Å²) in [5, 5.41) is 0.487. The lowest BCUT2D eigenvalue weighted by atomic mass is 9.97. The van der Waals surface area contributed by atoms with Crippen LogP contribution in [0.1, 0.15) is 64.2 Å². The normalized spacial score (nSPS) is 14.8. The Bertz CT molecular complexity index is 1520. The van der Waals surface area contributed by atoms with E-state index in [4.69, 9.17) is 13.9 Å². The summed E-state index contributed by atoms with van der Waals surface area (Å²) in [6.45, 7) is 6.97. The van der Waals surface area contributed by atoms with Crippen molar-refractivity contribution in [2.24, 2.45) is 0 Å². The van der Waals surface area contributed by atoms with Crippen LogP contribution in [-0.4, -0.2) is 24.5 Å². The number of aryl methyl sites for hydroxylation is 2. The Labute approximate surface area is 216 Å². The van der Waals surface area contributed by atoms with E-state index >= 15 is 0 Å². The Kier molecular flexibility index (Phi) is 6.74. The van der Waals surface area contributed by atoms with Crippen LogP contribution >= 0.6 is 0 Å². The zero-order chi connectivity index (χ0) is 26.1. The van der Waals surface area contributed by atoms with Gasteiger partial charge in [-0.05, 0) is 78.9 Å². The first-order valence-corrected chi connectivity index (χ1v) is 12.7. The molecule has 5 rings (SSSR count). The number of rotatable bonds is 8. The molecule has 37 heavy (non-hydrogen) atoms. The van der Waals surface area contributed by atoms with Crippen LogP contribution in [0.25, 0.3) is 11.0 Å². The molecule has 6 nitrogen and oxygen atoms in total. The van der Waals surface area contributed by atoms with E-state index < -0.39 is 6.04 Å². The molecule has 0 radical (unpaired) electrons. The molecule has 3 aromatic carbocycles. The van der Waals surface area contributed by atoms with Gasteiger partial charge in [-0.2, -0.15) is 0 Å². The van der Waals surface area contributed by atoms with Gasteiger partial charge < -0.3 is 18.8 Å². The van der Waals surface area contributed by atoms with Gasteiger partial charge in [0.25, 0.3) is 5.91 Å². The van der Waals surface area contributed by atoms with Crippen LogP contribution in [-0.2, 0) is 6.54 Å². The number of methoxy groups -OCH3 is 1. The predicted molar refractivity (Wildman–Crippen MR) is 144 cm³/mol. The Morgan fingerprint density at radius 3 is 2.43 bits per heavy atom. The number of benzene rings is 3. The smallest absolute Gasteiger partial charge is 0.291 e. The van der Waals surface area contributed by atoms with Crippen LogP contribution in [0.2, 0.25) is 0 Å². The highest BCUT2D eigenvalue weighted by Gasteiger charge is 2.43. The van der Waals surface area contributed by atoms with Crippen LogP contribution in [0.15, 0.2) is 69.9 Å². The quantitative estimate of drug-likeness (QED) is 0.266. The Morgan fingerprint density at radius 2 is 1.70 bits per heavy atom. The molecule has 0 fully saturated rings. The first-order chi connectivity index (χ1) is 17.9. The average molecular weight is 498 g/mol. The number of hydrogen-bond acceptors (Lipinski definition) is 5. The molecule has 0 saturated carbocycles. The van der Waals surface area contributed by atoms with Gasteiger partial charge in [-0.25, -0.2) is 0 Å². The van der Waals surface area contributed by atoms with Crippen molar-refractivity contribution in [2.45, 2.75) is 46.2 Å². The summed E-state index contributed by atoms with van der Waals surface area (Å²) in [5.41, 5.74) is 4.37. The zero-order valence-electron chi connectivity index (χ0n) is 21.7. The van der Waals surface area contributed by atoms with Gasteiger partial charge in [0.05, 0.1) is 30.7 Å². The lowest BCUT2D eigenvalue weighted by molar-refractivity contribution is 0.0714. The number of ether oxygens (including phenoxy) is 2. The van der Waals surface area contributed by atoms with Gasteiger partial charge in [0, 0.05) is 6.54 Å². The number of unbranched alkanes of at least 4 members (excludes halogenated alkanes) is 1. The predicted octanol–water partition coefficient (Wildman–Crippen LogP) is 6.34. The molecule has 6 heteroatoms. The molecule has 1 atom stereocenters. The zero-order valence-corrected chi connectivity index (χ0v) is 21.7. The molecule has 1 aliphatic heterocycles. The van der Waals surface area contributed by atoms with Crippen LogP contribution in [0.5, 0.6) is 11.5 Å². The lowest BCUT2D eigenvalue weighted by Crippen LogP contribution is -2.29. The SMILES string of the molecule is CCCCOc1cccc(C2c3c(oc4cc(C)c(C)cc4c3=O)C(=O)N2Cc2ccc(OC)cc2)c1. The second kappa shape index (κ2) is 10.1. The summed E-state index contributed by atoms with van der Waals surface area (Å²) < 4.78 is 17.4. The fourth-order valence-corrected chi connectivity index (χ4v) is 4.82. The Balaban J connectivity index is 1.65. The van der Waals surface area contributed by atoms with Crippen molar-refractivity contribution in [3.05, 3.63) is 104 Å². The maximum absolute atomic E-state index is 13.9. The summed E-state index contributed by atoms with van der Waals surface area (Å²) in [4.78, 5) is 29.4.